The van der Waals surface area contributed by atoms with Crippen molar-refractivity contribution >= 4 is 17.8 Å². The van der Waals surface area contributed by atoms with Crippen LogP contribution in [0.25, 0.3) is 0 Å². The Morgan fingerprint density at radius 2 is 1.63 bits per heavy atom. The standard InChI is InChI=1S/C21H22N2O4/c24-19-12-11-17(22-19)20(25)23(14-16-9-5-2-6-10-16)18(21(26)27)13-15-7-3-1-4-8-15/h1-10,17-18H,11-14H2,(H,22,24)(H,26,27). The Kier molecular flexibility index (Phi) is 5.86. The monoisotopic (exact) mass is 366 g/mol. The van der Waals surface area contributed by atoms with Crippen molar-refractivity contribution < 1.29 is 19.5 Å². The van der Waals surface area contributed by atoms with Gasteiger partial charge in [0.25, 0.3) is 0 Å². The molecular weight excluding hydrogens is 344 g/mol. The van der Waals surface area contributed by atoms with E-state index in [1.165, 1.54) is 4.90 Å². The summed E-state index contributed by atoms with van der Waals surface area (Å²) in [6, 6.07) is 16.8. The second-order valence-corrected chi connectivity index (χ2v) is 6.65. The molecule has 3 rings (SSSR count). The zero-order chi connectivity index (χ0) is 19.2. The van der Waals surface area contributed by atoms with Crippen LogP contribution < -0.4 is 5.32 Å². The van der Waals surface area contributed by atoms with Crippen LogP contribution in [0.3, 0.4) is 0 Å². The zero-order valence-corrected chi connectivity index (χ0v) is 14.9. The number of benzene rings is 2. The van der Waals surface area contributed by atoms with Gasteiger partial charge >= 0.3 is 5.97 Å². The van der Waals surface area contributed by atoms with Crippen LogP contribution in [-0.4, -0.2) is 39.9 Å². The lowest BCUT2D eigenvalue weighted by Gasteiger charge is -2.31. The third kappa shape index (κ3) is 4.73. The molecule has 140 valence electrons. The SMILES string of the molecule is O=C1CCC(C(=O)N(Cc2ccccc2)C(Cc2ccccc2)C(=O)O)N1. The third-order valence-electron chi connectivity index (χ3n) is 4.71. The van der Waals surface area contributed by atoms with Crippen molar-refractivity contribution in [2.24, 2.45) is 0 Å². The van der Waals surface area contributed by atoms with Crippen LogP contribution in [0, 0.1) is 0 Å². The maximum absolute atomic E-state index is 13.1. The minimum atomic E-state index is -1.06. The van der Waals surface area contributed by atoms with E-state index in [1.807, 2.05) is 60.7 Å². The molecule has 1 heterocycles. The van der Waals surface area contributed by atoms with Gasteiger partial charge in [-0.3, -0.25) is 9.59 Å². The Balaban J connectivity index is 1.88. The molecule has 0 radical (unpaired) electrons. The number of carboxylic acid groups (broad SMARTS) is 1. The number of hydrogen-bond donors (Lipinski definition) is 2. The van der Waals surface area contributed by atoms with Gasteiger partial charge in [-0.25, -0.2) is 4.79 Å². The fraction of sp³-hybridized carbons (Fsp3) is 0.286. The van der Waals surface area contributed by atoms with E-state index in [1.54, 1.807) is 0 Å². The van der Waals surface area contributed by atoms with Gasteiger partial charge in [-0.15, -0.1) is 0 Å². The molecule has 2 N–H and O–H groups in total. The minimum Gasteiger partial charge on any atom is -0.480 e. The molecule has 2 unspecified atom stereocenters. The average molecular weight is 366 g/mol. The lowest BCUT2D eigenvalue weighted by molar-refractivity contribution is -0.151. The summed E-state index contributed by atoms with van der Waals surface area (Å²) in [6.07, 6.45) is 0.877. The van der Waals surface area contributed by atoms with Crippen molar-refractivity contribution in [2.45, 2.75) is 37.9 Å². The second kappa shape index (κ2) is 8.49. The summed E-state index contributed by atoms with van der Waals surface area (Å²) in [5.74, 6) is -1.59. The summed E-state index contributed by atoms with van der Waals surface area (Å²) in [4.78, 5) is 38.0. The van der Waals surface area contributed by atoms with Gasteiger partial charge in [0, 0.05) is 19.4 Å². The summed E-state index contributed by atoms with van der Waals surface area (Å²) in [7, 11) is 0. The first-order chi connectivity index (χ1) is 13.0. The fourth-order valence-electron chi connectivity index (χ4n) is 3.29. The Bertz CT molecular complexity index is 807. The molecule has 27 heavy (non-hydrogen) atoms. The lowest BCUT2D eigenvalue weighted by atomic mass is 10.0. The maximum atomic E-state index is 13.1. The highest BCUT2D eigenvalue weighted by Crippen LogP contribution is 2.18. The van der Waals surface area contributed by atoms with Crippen LogP contribution in [0.1, 0.15) is 24.0 Å². The van der Waals surface area contributed by atoms with E-state index in [4.69, 9.17) is 0 Å². The molecule has 0 saturated carbocycles. The minimum absolute atomic E-state index is 0.176. The molecular formula is C21H22N2O4. The van der Waals surface area contributed by atoms with Gasteiger partial charge in [0.2, 0.25) is 11.8 Å². The summed E-state index contributed by atoms with van der Waals surface area (Å²) in [5, 5.41) is 12.5. The number of carbonyl (C=O) groups excluding carboxylic acids is 2. The first-order valence-electron chi connectivity index (χ1n) is 8.95. The van der Waals surface area contributed by atoms with Crippen LogP contribution in [0.4, 0.5) is 0 Å². The van der Waals surface area contributed by atoms with Gasteiger partial charge in [0.1, 0.15) is 12.1 Å². The first-order valence-corrected chi connectivity index (χ1v) is 8.95. The Hall–Kier alpha value is -3.15. The van der Waals surface area contributed by atoms with Crippen LogP contribution >= 0.6 is 0 Å². The molecule has 0 bridgehead atoms. The molecule has 2 aromatic carbocycles. The molecule has 2 amide bonds. The molecule has 1 aliphatic rings. The van der Waals surface area contributed by atoms with E-state index in [9.17, 15) is 19.5 Å². The summed E-state index contributed by atoms with van der Waals surface area (Å²) < 4.78 is 0. The van der Waals surface area contributed by atoms with Crippen molar-refractivity contribution in [1.29, 1.82) is 0 Å². The highest BCUT2D eigenvalue weighted by atomic mass is 16.4. The molecule has 2 aromatic rings. The van der Waals surface area contributed by atoms with E-state index in [2.05, 4.69) is 5.32 Å². The quantitative estimate of drug-likeness (QED) is 0.785. The average Bonchev–Trinajstić information content (AvgIpc) is 3.12. The Morgan fingerprint density at radius 1 is 1.04 bits per heavy atom. The van der Waals surface area contributed by atoms with E-state index >= 15 is 0 Å². The first kappa shape index (κ1) is 18.6. The van der Waals surface area contributed by atoms with Crippen LogP contribution in [-0.2, 0) is 27.3 Å². The van der Waals surface area contributed by atoms with Gasteiger partial charge in [-0.2, -0.15) is 0 Å². The van der Waals surface area contributed by atoms with Crippen molar-refractivity contribution in [3.63, 3.8) is 0 Å². The van der Waals surface area contributed by atoms with E-state index < -0.39 is 18.1 Å². The van der Waals surface area contributed by atoms with Gasteiger partial charge < -0.3 is 15.3 Å². The normalized spacial score (nSPS) is 17.2. The second-order valence-electron chi connectivity index (χ2n) is 6.65. The molecule has 1 saturated heterocycles. The topological polar surface area (TPSA) is 86.7 Å². The van der Waals surface area contributed by atoms with Crippen LogP contribution in [0.2, 0.25) is 0 Å². The number of amides is 2. The maximum Gasteiger partial charge on any atom is 0.326 e. The summed E-state index contributed by atoms with van der Waals surface area (Å²) in [5.41, 5.74) is 1.68. The predicted octanol–water partition coefficient (Wildman–Crippen LogP) is 1.99. The fourth-order valence-corrected chi connectivity index (χ4v) is 3.29. The smallest absolute Gasteiger partial charge is 0.326 e. The number of carboxylic acids is 1. The van der Waals surface area contributed by atoms with Gasteiger partial charge in [0.05, 0.1) is 0 Å². The molecule has 0 aromatic heterocycles. The van der Waals surface area contributed by atoms with Crippen molar-refractivity contribution in [1.82, 2.24) is 10.2 Å². The van der Waals surface area contributed by atoms with Crippen molar-refractivity contribution in [3.05, 3.63) is 71.8 Å². The van der Waals surface area contributed by atoms with Gasteiger partial charge in [0.15, 0.2) is 0 Å². The molecule has 6 nitrogen and oxygen atoms in total. The van der Waals surface area contributed by atoms with Crippen molar-refractivity contribution in [2.75, 3.05) is 0 Å². The number of nitrogens with one attached hydrogen (secondary N) is 1. The third-order valence-corrected chi connectivity index (χ3v) is 4.71. The summed E-state index contributed by atoms with van der Waals surface area (Å²) >= 11 is 0. The van der Waals surface area contributed by atoms with Crippen LogP contribution in [0.5, 0.6) is 0 Å². The Morgan fingerprint density at radius 3 is 2.15 bits per heavy atom. The number of aliphatic carboxylic acids is 1. The molecule has 6 heteroatoms. The molecule has 0 aliphatic carbocycles. The molecule has 2 atom stereocenters. The zero-order valence-electron chi connectivity index (χ0n) is 14.9. The molecule has 0 spiro atoms. The van der Waals surface area contributed by atoms with Crippen LogP contribution in [0.15, 0.2) is 60.7 Å². The number of carbonyl (C=O) groups is 3. The lowest BCUT2D eigenvalue weighted by Crippen LogP contribution is -2.52. The highest BCUT2D eigenvalue weighted by Gasteiger charge is 2.36. The molecule has 1 fully saturated rings. The van der Waals surface area contributed by atoms with E-state index in [0.717, 1.165) is 11.1 Å². The number of hydrogen-bond acceptors (Lipinski definition) is 3. The predicted molar refractivity (Wildman–Crippen MR) is 99.7 cm³/mol. The van der Waals surface area contributed by atoms with E-state index in [0.29, 0.717) is 6.42 Å². The highest BCUT2D eigenvalue weighted by molar-refractivity contribution is 5.93. The number of nitrogens with zero attached hydrogens (tertiary/aromatic N) is 1. The summed E-state index contributed by atoms with van der Waals surface area (Å²) in [6.45, 7) is 0.176. The van der Waals surface area contributed by atoms with Gasteiger partial charge in [-0.1, -0.05) is 60.7 Å². The largest absolute Gasteiger partial charge is 0.480 e. The number of rotatable bonds is 7. The molecule has 1 aliphatic heterocycles. The van der Waals surface area contributed by atoms with Crippen molar-refractivity contribution in [3.8, 4) is 0 Å². The Labute approximate surface area is 157 Å². The van der Waals surface area contributed by atoms with E-state index in [-0.39, 0.29) is 31.2 Å². The van der Waals surface area contributed by atoms with Gasteiger partial charge in [-0.05, 0) is 17.5 Å².